The van der Waals surface area contributed by atoms with Crippen LogP contribution in [0.2, 0.25) is 0 Å². The molecule has 0 saturated carbocycles. The summed E-state index contributed by atoms with van der Waals surface area (Å²) in [6.07, 6.45) is 0.864. The van der Waals surface area contributed by atoms with Gasteiger partial charge >= 0.3 is 6.03 Å². The monoisotopic (exact) mass is 340 g/mol. The zero-order chi connectivity index (χ0) is 17.6. The Morgan fingerprint density at radius 3 is 2.72 bits per heavy atom. The summed E-state index contributed by atoms with van der Waals surface area (Å²) in [4.78, 5) is 16.1. The Morgan fingerprint density at radius 2 is 1.96 bits per heavy atom. The lowest BCUT2D eigenvalue weighted by atomic mass is 10.2. The van der Waals surface area contributed by atoms with Crippen LogP contribution in [0.15, 0.2) is 53.1 Å². The van der Waals surface area contributed by atoms with Gasteiger partial charge in [0, 0.05) is 23.4 Å². The average Bonchev–Trinajstić information content (AvgIpc) is 3.11. The zero-order valence-corrected chi connectivity index (χ0v) is 13.6. The Labute approximate surface area is 144 Å². The topological polar surface area (TPSA) is 80.0 Å². The van der Waals surface area contributed by atoms with Crippen LogP contribution in [0.25, 0.3) is 22.8 Å². The van der Waals surface area contributed by atoms with E-state index in [9.17, 15) is 9.18 Å². The minimum atomic E-state index is -0.330. The van der Waals surface area contributed by atoms with Gasteiger partial charge in [-0.25, -0.2) is 9.18 Å². The highest BCUT2D eigenvalue weighted by molar-refractivity contribution is 5.89. The Hall–Kier alpha value is -3.22. The summed E-state index contributed by atoms with van der Waals surface area (Å²) >= 11 is 0. The van der Waals surface area contributed by atoms with Crippen molar-refractivity contribution < 1.29 is 13.7 Å². The Balaban J connectivity index is 1.77. The number of carbonyl (C=O) groups is 1. The van der Waals surface area contributed by atoms with Gasteiger partial charge in [0.05, 0.1) is 0 Å². The molecule has 0 saturated heterocycles. The summed E-state index contributed by atoms with van der Waals surface area (Å²) in [6.45, 7) is 2.59. The van der Waals surface area contributed by atoms with E-state index in [0.717, 1.165) is 6.42 Å². The normalized spacial score (nSPS) is 10.5. The molecule has 1 heterocycles. The van der Waals surface area contributed by atoms with Gasteiger partial charge in [0.25, 0.3) is 5.89 Å². The lowest BCUT2D eigenvalue weighted by Crippen LogP contribution is -2.29. The van der Waals surface area contributed by atoms with E-state index in [-0.39, 0.29) is 11.8 Å². The third kappa shape index (κ3) is 4.20. The molecule has 0 fully saturated rings. The fourth-order valence-electron chi connectivity index (χ4n) is 2.20. The number of carbonyl (C=O) groups excluding carboxylic acids is 1. The molecular formula is C18H17FN4O2. The van der Waals surface area contributed by atoms with Gasteiger partial charge in [0.2, 0.25) is 5.82 Å². The average molecular weight is 340 g/mol. The number of hydrogen-bond donors (Lipinski definition) is 2. The number of benzene rings is 2. The molecule has 3 rings (SSSR count). The van der Waals surface area contributed by atoms with Crippen LogP contribution in [0, 0.1) is 5.82 Å². The van der Waals surface area contributed by atoms with Crippen molar-refractivity contribution in [3.8, 4) is 22.8 Å². The molecule has 2 aromatic carbocycles. The maximum Gasteiger partial charge on any atom is 0.319 e. The second-order valence-corrected chi connectivity index (χ2v) is 5.39. The minimum absolute atomic E-state index is 0.265. The van der Waals surface area contributed by atoms with Crippen LogP contribution in [0.4, 0.5) is 14.9 Å². The van der Waals surface area contributed by atoms with Crippen molar-refractivity contribution in [3.05, 3.63) is 54.3 Å². The number of aromatic nitrogens is 2. The SMILES string of the molecule is CCCNC(=O)Nc1cccc(-c2noc(-c3ccc(F)cc3)n2)c1. The number of halogens is 1. The van der Waals surface area contributed by atoms with Gasteiger partial charge in [-0.1, -0.05) is 24.2 Å². The van der Waals surface area contributed by atoms with Crippen molar-refractivity contribution >= 4 is 11.7 Å². The third-order valence-electron chi connectivity index (χ3n) is 3.43. The minimum Gasteiger partial charge on any atom is -0.338 e. The molecule has 25 heavy (non-hydrogen) atoms. The molecule has 0 spiro atoms. The number of rotatable bonds is 5. The first-order valence-electron chi connectivity index (χ1n) is 7.90. The number of nitrogens with one attached hydrogen (secondary N) is 2. The highest BCUT2D eigenvalue weighted by Crippen LogP contribution is 2.24. The molecule has 0 aliphatic carbocycles. The van der Waals surface area contributed by atoms with E-state index in [0.29, 0.717) is 35.1 Å². The maximum atomic E-state index is 13.0. The van der Waals surface area contributed by atoms with Gasteiger partial charge in [0.1, 0.15) is 5.82 Å². The summed E-state index contributed by atoms with van der Waals surface area (Å²) < 4.78 is 18.2. The van der Waals surface area contributed by atoms with Crippen molar-refractivity contribution in [2.45, 2.75) is 13.3 Å². The summed E-state index contributed by atoms with van der Waals surface area (Å²) in [5.74, 6) is 0.356. The van der Waals surface area contributed by atoms with Crippen molar-refractivity contribution in [2.75, 3.05) is 11.9 Å². The van der Waals surface area contributed by atoms with Gasteiger partial charge in [-0.05, 0) is 42.8 Å². The summed E-state index contributed by atoms with van der Waals surface area (Å²) in [5.41, 5.74) is 1.96. The first kappa shape index (κ1) is 16.6. The second-order valence-electron chi connectivity index (χ2n) is 5.39. The molecule has 0 bridgehead atoms. The highest BCUT2D eigenvalue weighted by atomic mass is 19.1. The highest BCUT2D eigenvalue weighted by Gasteiger charge is 2.11. The van der Waals surface area contributed by atoms with Crippen LogP contribution in [0.3, 0.4) is 0 Å². The quantitative estimate of drug-likeness (QED) is 0.733. The van der Waals surface area contributed by atoms with Gasteiger partial charge in [-0.3, -0.25) is 0 Å². The molecule has 1 aromatic heterocycles. The van der Waals surface area contributed by atoms with Crippen LogP contribution < -0.4 is 10.6 Å². The lowest BCUT2D eigenvalue weighted by Gasteiger charge is -2.07. The van der Waals surface area contributed by atoms with E-state index < -0.39 is 0 Å². The van der Waals surface area contributed by atoms with E-state index in [2.05, 4.69) is 20.8 Å². The molecule has 3 aromatic rings. The van der Waals surface area contributed by atoms with Gasteiger partial charge < -0.3 is 15.2 Å². The van der Waals surface area contributed by atoms with Crippen LogP contribution in [0.1, 0.15) is 13.3 Å². The second kappa shape index (κ2) is 7.57. The van der Waals surface area contributed by atoms with Crippen LogP contribution in [0.5, 0.6) is 0 Å². The molecule has 0 aliphatic rings. The van der Waals surface area contributed by atoms with Gasteiger partial charge in [0.15, 0.2) is 0 Å². The van der Waals surface area contributed by atoms with E-state index in [4.69, 9.17) is 4.52 Å². The molecule has 0 unspecified atom stereocenters. The van der Waals surface area contributed by atoms with Gasteiger partial charge in [-0.2, -0.15) is 4.98 Å². The summed E-state index contributed by atoms with van der Waals surface area (Å²) in [6, 6.07) is 12.7. The number of anilines is 1. The van der Waals surface area contributed by atoms with Crippen LogP contribution in [-0.4, -0.2) is 22.7 Å². The predicted molar refractivity (Wildman–Crippen MR) is 92.4 cm³/mol. The molecule has 0 atom stereocenters. The Morgan fingerprint density at radius 1 is 1.16 bits per heavy atom. The third-order valence-corrected chi connectivity index (χ3v) is 3.43. The molecule has 2 amide bonds. The maximum absolute atomic E-state index is 13.0. The van der Waals surface area contributed by atoms with Crippen molar-refractivity contribution in [1.29, 1.82) is 0 Å². The van der Waals surface area contributed by atoms with E-state index in [1.54, 1.807) is 30.3 Å². The van der Waals surface area contributed by atoms with Crippen LogP contribution >= 0.6 is 0 Å². The van der Waals surface area contributed by atoms with E-state index in [1.807, 2.05) is 13.0 Å². The molecule has 0 radical (unpaired) electrons. The van der Waals surface area contributed by atoms with Gasteiger partial charge in [-0.15, -0.1) is 0 Å². The molecule has 128 valence electrons. The number of hydrogen-bond acceptors (Lipinski definition) is 4. The largest absolute Gasteiger partial charge is 0.338 e. The fourth-order valence-corrected chi connectivity index (χ4v) is 2.20. The zero-order valence-electron chi connectivity index (χ0n) is 13.6. The molecular weight excluding hydrogens is 323 g/mol. The van der Waals surface area contributed by atoms with E-state index >= 15 is 0 Å². The van der Waals surface area contributed by atoms with Crippen molar-refractivity contribution in [1.82, 2.24) is 15.5 Å². The first-order chi connectivity index (χ1) is 12.2. The summed E-state index contributed by atoms with van der Waals surface area (Å²) in [5, 5.41) is 9.44. The van der Waals surface area contributed by atoms with E-state index in [1.165, 1.54) is 12.1 Å². The standard InChI is InChI=1S/C18H17FN4O2/c1-2-10-20-18(24)21-15-5-3-4-13(11-15)16-22-17(25-23-16)12-6-8-14(19)9-7-12/h3-9,11H,2,10H2,1H3,(H2,20,21,24). The fraction of sp³-hybridized carbons (Fsp3) is 0.167. The first-order valence-corrected chi connectivity index (χ1v) is 7.90. The molecule has 7 heteroatoms. The summed E-state index contributed by atoms with van der Waals surface area (Å²) in [7, 11) is 0. The van der Waals surface area contributed by atoms with Crippen molar-refractivity contribution in [3.63, 3.8) is 0 Å². The Kier molecular flexibility index (Phi) is 5.03. The lowest BCUT2D eigenvalue weighted by molar-refractivity contribution is 0.252. The Bertz CT molecular complexity index is 862. The predicted octanol–water partition coefficient (Wildman–Crippen LogP) is 4.07. The smallest absolute Gasteiger partial charge is 0.319 e. The van der Waals surface area contributed by atoms with Crippen molar-refractivity contribution in [2.24, 2.45) is 0 Å². The number of nitrogens with zero attached hydrogens (tertiary/aromatic N) is 2. The van der Waals surface area contributed by atoms with Crippen LogP contribution in [-0.2, 0) is 0 Å². The number of amides is 2. The molecule has 2 N–H and O–H groups in total. The molecule has 0 aliphatic heterocycles. The molecule has 6 nitrogen and oxygen atoms in total. The number of urea groups is 1.